The van der Waals surface area contributed by atoms with Gasteiger partial charge in [0.15, 0.2) is 0 Å². The molecule has 104 valence electrons. The molecule has 1 aromatic heterocycles. The summed E-state index contributed by atoms with van der Waals surface area (Å²) in [5.74, 6) is 0.772. The highest BCUT2D eigenvalue weighted by Gasteiger charge is 2.40. The number of fused-ring (bicyclic) bond motifs is 1. The molecule has 0 unspecified atom stereocenters. The smallest absolute Gasteiger partial charge is 0.337 e. The lowest BCUT2D eigenvalue weighted by atomic mass is 10.1. The molecule has 0 atom stereocenters. The predicted octanol–water partition coefficient (Wildman–Crippen LogP) is 3.41. The highest BCUT2D eigenvalue weighted by molar-refractivity contribution is 6.01. The summed E-state index contributed by atoms with van der Waals surface area (Å²) in [6.07, 6.45) is 4.82. The Labute approximate surface area is 117 Å². The van der Waals surface area contributed by atoms with Crippen LogP contribution in [0.4, 0.5) is 0 Å². The van der Waals surface area contributed by atoms with Gasteiger partial charge >= 0.3 is 5.97 Å². The molecule has 1 aromatic carbocycles. The predicted molar refractivity (Wildman–Crippen MR) is 76.0 cm³/mol. The zero-order chi connectivity index (χ0) is 13.9. The minimum atomic E-state index is -0.861. The molecule has 2 saturated carbocycles. The Kier molecular flexibility index (Phi) is 2.29. The van der Waals surface area contributed by atoms with Crippen molar-refractivity contribution in [3.63, 3.8) is 0 Å². The fraction of sp³-hybridized carbons (Fsp3) is 0.500. The van der Waals surface area contributed by atoms with Crippen LogP contribution in [0, 0.1) is 5.41 Å². The standard InChI is InChI=1S/C16H18N2O2/c1-16(7-8-16)9-18-13-11(15(19)20)3-2-4-12(13)17-14(18)10-5-6-10/h2-4,10H,5-9H2,1H3,(H,19,20). The maximum Gasteiger partial charge on any atom is 0.337 e. The number of carbonyl (C=O) groups is 1. The lowest BCUT2D eigenvalue weighted by Crippen LogP contribution is -2.12. The minimum absolute atomic E-state index is 0.336. The van der Waals surface area contributed by atoms with Gasteiger partial charge in [-0.3, -0.25) is 0 Å². The molecule has 1 heterocycles. The van der Waals surface area contributed by atoms with Gasteiger partial charge in [0, 0.05) is 12.5 Å². The average Bonchev–Trinajstić information content (AvgIpc) is 3.32. The molecule has 2 fully saturated rings. The van der Waals surface area contributed by atoms with Crippen LogP contribution in [0.15, 0.2) is 18.2 Å². The zero-order valence-corrected chi connectivity index (χ0v) is 11.6. The summed E-state index contributed by atoms with van der Waals surface area (Å²) in [6, 6.07) is 5.41. The van der Waals surface area contributed by atoms with E-state index in [1.165, 1.54) is 25.7 Å². The van der Waals surface area contributed by atoms with E-state index in [-0.39, 0.29) is 0 Å². The molecule has 20 heavy (non-hydrogen) atoms. The third-order valence-corrected chi connectivity index (χ3v) is 4.61. The van der Waals surface area contributed by atoms with Crippen LogP contribution >= 0.6 is 0 Å². The van der Waals surface area contributed by atoms with E-state index in [1.54, 1.807) is 12.1 Å². The molecule has 4 rings (SSSR count). The summed E-state index contributed by atoms with van der Waals surface area (Å²) >= 11 is 0. The monoisotopic (exact) mass is 270 g/mol. The van der Waals surface area contributed by atoms with E-state index in [4.69, 9.17) is 4.98 Å². The average molecular weight is 270 g/mol. The molecule has 4 nitrogen and oxygen atoms in total. The van der Waals surface area contributed by atoms with Gasteiger partial charge in [-0.05, 0) is 43.2 Å². The number of carboxylic acid groups (broad SMARTS) is 1. The number of benzene rings is 1. The number of nitrogens with zero attached hydrogens (tertiary/aromatic N) is 2. The quantitative estimate of drug-likeness (QED) is 0.926. The SMILES string of the molecule is CC1(Cn2c(C3CC3)nc3cccc(C(=O)O)c32)CC1. The number of hydrogen-bond acceptors (Lipinski definition) is 2. The summed E-state index contributed by atoms with van der Waals surface area (Å²) in [6.45, 7) is 3.18. The Hall–Kier alpha value is -1.84. The second kappa shape index (κ2) is 3.84. The van der Waals surface area contributed by atoms with Crippen molar-refractivity contribution in [2.24, 2.45) is 5.41 Å². The highest BCUT2D eigenvalue weighted by Crippen LogP contribution is 2.49. The summed E-state index contributed by atoms with van der Waals surface area (Å²) in [7, 11) is 0. The normalized spacial score (nSPS) is 20.2. The van der Waals surface area contributed by atoms with E-state index in [1.807, 2.05) is 6.07 Å². The first-order valence-corrected chi connectivity index (χ1v) is 7.30. The second-order valence-corrected chi connectivity index (χ2v) is 6.62. The molecule has 0 bridgehead atoms. The van der Waals surface area contributed by atoms with E-state index in [2.05, 4.69) is 11.5 Å². The summed E-state index contributed by atoms with van der Waals surface area (Å²) < 4.78 is 2.20. The first kappa shape index (κ1) is 11.9. The Bertz CT molecular complexity index is 709. The zero-order valence-electron chi connectivity index (χ0n) is 11.6. The van der Waals surface area contributed by atoms with Crippen LogP contribution in [0.2, 0.25) is 0 Å². The van der Waals surface area contributed by atoms with Gasteiger partial charge in [0.25, 0.3) is 0 Å². The van der Waals surface area contributed by atoms with Crippen molar-refractivity contribution in [1.29, 1.82) is 0 Å². The van der Waals surface area contributed by atoms with Crippen molar-refractivity contribution < 1.29 is 9.90 Å². The van der Waals surface area contributed by atoms with Crippen LogP contribution in [-0.4, -0.2) is 20.6 Å². The number of rotatable bonds is 4. The van der Waals surface area contributed by atoms with Gasteiger partial charge in [0.05, 0.1) is 16.6 Å². The molecule has 0 saturated heterocycles. The van der Waals surface area contributed by atoms with Gasteiger partial charge in [0.1, 0.15) is 5.82 Å². The maximum atomic E-state index is 11.5. The number of aromatic carboxylic acids is 1. The molecule has 2 aromatic rings. The summed E-state index contributed by atoms with van der Waals surface area (Å²) in [4.78, 5) is 16.2. The molecular weight excluding hydrogens is 252 g/mol. The maximum absolute atomic E-state index is 11.5. The van der Waals surface area contributed by atoms with Crippen molar-refractivity contribution in [3.8, 4) is 0 Å². The molecule has 2 aliphatic carbocycles. The number of para-hydroxylation sites is 1. The highest BCUT2D eigenvalue weighted by atomic mass is 16.4. The van der Waals surface area contributed by atoms with E-state index in [0.717, 1.165) is 23.4 Å². The van der Waals surface area contributed by atoms with E-state index < -0.39 is 5.97 Å². The van der Waals surface area contributed by atoms with E-state index in [9.17, 15) is 9.90 Å². The van der Waals surface area contributed by atoms with Crippen molar-refractivity contribution in [1.82, 2.24) is 9.55 Å². The Morgan fingerprint density at radius 1 is 1.45 bits per heavy atom. The molecule has 1 N–H and O–H groups in total. The number of aromatic nitrogens is 2. The molecule has 2 aliphatic rings. The first-order valence-electron chi connectivity index (χ1n) is 7.30. The minimum Gasteiger partial charge on any atom is -0.478 e. The van der Waals surface area contributed by atoms with Crippen molar-refractivity contribution in [2.45, 2.75) is 45.1 Å². The van der Waals surface area contributed by atoms with Gasteiger partial charge in [-0.2, -0.15) is 0 Å². The largest absolute Gasteiger partial charge is 0.478 e. The molecule has 0 amide bonds. The van der Waals surface area contributed by atoms with Crippen LogP contribution in [0.1, 0.15) is 54.7 Å². The van der Waals surface area contributed by atoms with E-state index >= 15 is 0 Å². The third kappa shape index (κ3) is 1.82. The molecular formula is C16H18N2O2. The van der Waals surface area contributed by atoms with Gasteiger partial charge in [-0.1, -0.05) is 13.0 Å². The van der Waals surface area contributed by atoms with Crippen LogP contribution in [0.3, 0.4) is 0 Å². The second-order valence-electron chi connectivity index (χ2n) is 6.62. The third-order valence-electron chi connectivity index (χ3n) is 4.61. The topological polar surface area (TPSA) is 55.1 Å². The first-order chi connectivity index (χ1) is 9.57. The van der Waals surface area contributed by atoms with Crippen molar-refractivity contribution in [3.05, 3.63) is 29.6 Å². The van der Waals surface area contributed by atoms with Gasteiger partial charge < -0.3 is 9.67 Å². The van der Waals surface area contributed by atoms with E-state index in [0.29, 0.717) is 16.9 Å². The lowest BCUT2D eigenvalue weighted by molar-refractivity contribution is 0.0698. The van der Waals surface area contributed by atoms with Gasteiger partial charge in [-0.25, -0.2) is 9.78 Å². The van der Waals surface area contributed by atoms with Crippen LogP contribution in [0.5, 0.6) is 0 Å². The molecule has 0 spiro atoms. The number of carboxylic acids is 1. The van der Waals surface area contributed by atoms with Crippen molar-refractivity contribution in [2.75, 3.05) is 0 Å². The summed E-state index contributed by atoms with van der Waals surface area (Å²) in [5, 5.41) is 9.44. The number of imidazole rings is 1. The molecule has 0 radical (unpaired) electrons. The molecule has 0 aliphatic heterocycles. The van der Waals surface area contributed by atoms with Gasteiger partial charge in [0.2, 0.25) is 0 Å². The Morgan fingerprint density at radius 3 is 2.80 bits per heavy atom. The molecule has 4 heteroatoms. The number of hydrogen-bond donors (Lipinski definition) is 1. The van der Waals surface area contributed by atoms with Crippen molar-refractivity contribution >= 4 is 17.0 Å². The van der Waals surface area contributed by atoms with Crippen LogP contribution in [0.25, 0.3) is 11.0 Å². The lowest BCUT2D eigenvalue weighted by Gasteiger charge is -2.14. The fourth-order valence-corrected chi connectivity index (χ4v) is 2.94. The van der Waals surface area contributed by atoms with Gasteiger partial charge in [-0.15, -0.1) is 0 Å². The van der Waals surface area contributed by atoms with Crippen LogP contribution < -0.4 is 0 Å². The Balaban J connectivity index is 1.95. The Morgan fingerprint density at radius 2 is 2.20 bits per heavy atom. The van der Waals surface area contributed by atoms with Crippen LogP contribution in [-0.2, 0) is 6.54 Å². The summed E-state index contributed by atoms with van der Waals surface area (Å²) in [5.41, 5.74) is 2.36. The fourth-order valence-electron chi connectivity index (χ4n) is 2.94.